The number of aryl methyl sites for hydroxylation is 1. The lowest BCUT2D eigenvalue weighted by Gasteiger charge is -2.17. The Hall–Kier alpha value is -1.92. The minimum absolute atomic E-state index is 0.0431. The third-order valence-electron chi connectivity index (χ3n) is 3.95. The van der Waals surface area contributed by atoms with Crippen LogP contribution in [-0.2, 0) is 20.7 Å². The molecular weight excluding hydrogens is 296 g/mol. The number of ether oxygens (including phenoxy) is 1. The summed E-state index contributed by atoms with van der Waals surface area (Å²) in [7, 11) is 0. The van der Waals surface area contributed by atoms with Gasteiger partial charge < -0.3 is 20.5 Å². The van der Waals surface area contributed by atoms with E-state index in [1.807, 2.05) is 24.3 Å². The lowest BCUT2D eigenvalue weighted by molar-refractivity contribution is -0.141. The summed E-state index contributed by atoms with van der Waals surface area (Å²) in [6.45, 7) is 3.23. The summed E-state index contributed by atoms with van der Waals surface area (Å²) >= 11 is 0. The molecule has 0 saturated carbocycles. The number of hydrogen-bond acceptors (Lipinski definition) is 4. The number of amides is 1. The van der Waals surface area contributed by atoms with E-state index in [-0.39, 0.29) is 18.4 Å². The van der Waals surface area contributed by atoms with E-state index in [1.54, 1.807) is 0 Å². The summed E-state index contributed by atoms with van der Waals surface area (Å²) < 4.78 is 5.45. The van der Waals surface area contributed by atoms with Crippen LogP contribution in [0.4, 0.5) is 5.69 Å². The van der Waals surface area contributed by atoms with Crippen molar-refractivity contribution in [3.05, 3.63) is 29.8 Å². The molecule has 0 radical (unpaired) electrons. The number of aliphatic carboxylic acids is 1. The van der Waals surface area contributed by atoms with E-state index in [1.165, 1.54) is 5.56 Å². The molecule has 23 heavy (non-hydrogen) atoms. The van der Waals surface area contributed by atoms with Crippen molar-refractivity contribution in [3.63, 3.8) is 0 Å². The SMILES string of the molecule is CCc1ccc(NC(=O)CC(NCC2CCCO2)C(=O)O)cc1. The molecule has 126 valence electrons. The first-order chi connectivity index (χ1) is 11.1. The molecule has 2 unspecified atom stereocenters. The topological polar surface area (TPSA) is 87.7 Å². The number of hydrogen-bond donors (Lipinski definition) is 3. The molecule has 1 aliphatic rings. The maximum atomic E-state index is 12.0. The molecule has 0 aliphatic carbocycles. The number of carbonyl (C=O) groups is 2. The number of carboxylic acid groups (broad SMARTS) is 1. The Balaban J connectivity index is 1.82. The van der Waals surface area contributed by atoms with Gasteiger partial charge in [0.05, 0.1) is 12.5 Å². The Morgan fingerprint density at radius 2 is 2.09 bits per heavy atom. The van der Waals surface area contributed by atoms with Gasteiger partial charge in [0.25, 0.3) is 0 Å². The van der Waals surface area contributed by atoms with Crippen molar-refractivity contribution >= 4 is 17.6 Å². The van der Waals surface area contributed by atoms with Crippen molar-refractivity contribution in [2.24, 2.45) is 0 Å². The first-order valence-electron chi connectivity index (χ1n) is 8.05. The first kappa shape index (κ1) is 17.4. The fraction of sp³-hybridized carbons (Fsp3) is 0.529. The van der Waals surface area contributed by atoms with Crippen LogP contribution in [0.15, 0.2) is 24.3 Å². The van der Waals surface area contributed by atoms with Crippen LogP contribution >= 0.6 is 0 Å². The summed E-state index contributed by atoms with van der Waals surface area (Å²) in [5.41, 5.74) is 1.86. The quantitative estimate of drug-likeness (QED) is 0.680. The van der Waals surface area contributed by atoms with E-state index in [0.717, 1.165) is 25.9 Å². The van der Waals surface area contributed by atoms with Gasteiger partial charge in [-0.3, -0.25) is 9.59 Å². The van der Waals surface area contributed by atoms with Crippen LogP contribution in [0.2, 0.25) is 0 Å². The molecule has 1 amide bonds. The Kier molecular flexibility index (Phi) is 6.55. The molecule has 1 fully saturated rings. The van der Waals surface area contributed by atoms with Gasteiger partial charge >= 0.3 is 5.97 Å². The number of carboxylic acids is 1. The van der Waals surface area contributed by atoms with E-state index < -0.39 is 12.0 Å². The third-order valence-corrected chi connectivity index (χ3v) is 3.95. The standard InChI is InChI=1S/C17H24N2O4/c1-2-12-5-7-13(8-6-12)19-16(20)10-15(17(21)22)18-11-14-4-3-9-23-14/h5-8,14-15,18H,2-4,9-11H2,1H3,(H,19,20)(H,21,22). The number of carbonyl (C=O) groups excluding carboxylic acids is 1. The van der Waals surface area contributed by atoms with Crippen LogP contribution in [0.25, 0.3) is 0 Å². The Morgan fingerprint density at radius 3 is 2.65 bits per heavy atom. The summed E-state index contributed by atoms with van der Waals surface area (Å²) in [6, 6.07) is 6.63. The third kappa shape index (κ3) is 5.65. The monoisotopic (exact) mass is 320 g/mol. The van der Waals surface area contributed by atoms with Gasteiger partial charge in [-0.2, -0.15) is 0 Å². The van der Waals surface area contributed by atoms with Crippen LogP contribution in [0.1, 0.15) is 31.7 Å². The number of anilines is 1. The summed E-state index contributed by atoms with van der Waals surface area (Å²) in [5.74, 6) is -1.35. The second kappa shape index (κ2) is 8.64. The number of benzene rings is 1. The van der Waals surface area contributed by atoms with Gasteiger partial charge in [0.15, 0.2) is 0 Å². The summed E-state index contributed by atoms with van der Waals surface area (Å²) in [4.78, 5) is 23.3. The minimum Gasteiger partial charge on any atom is -0.480 e. The second-order valence-electron chi connectivity index (χ2n) is 5.74. The molecule has 6 nitrogen and oxygen atoms in total. The molecular formula is C17H24N2O4. The average molecular weight is 320 g/mol. The molecule has 2 atom stereocenters. The van der Waals surface area contributed by atoms with E-state index >= 15 is 0 Å². The maximum absolute atomic E-state index is 12.0. The molecule has 0 aromatic heterocycles. The predicted molar refractivity (Wildman–Crippen MR) is 87.5 cm³/mol. The highest BCUT2D eigenvalue weighted by molar-refractivity contribution is 5.94. The molecule has 1 saturated heterocycles. The van der Waals surface area contributed by atoms with Crippen molar-refractivity contribution in [1.82, 2.24) is 5.32 Å². The van der Waals surface area contributed by atoms with Gasteiger partial charge in [0, 0.05) is 18.8 Å². The average Bonchev–Trinajstić information content (AvgIpc) is 3.05. The van der Waals surface area contributed by atoms with Crippen molar-refractivity contribution in [1.29, 1.82) is 0 Å². The first-order valence-corrected chi connectivity index (χ1v) is 8.05. The van der Waals surface area contributed by atoms with E-state index in [4.69, 9.17) is 4.74 Å². The van der Waals surface area contributed by atoms with Crippen LogP contribution in [-0.4, -0.2) is 42.3 Å². The number of nitrogens with one attached hydrogen (secondary N) is 2. The summed E-state index contributed by atoms with van der Waals surface area (Å²) in [5, 5.41) is 14.9. The molecule has 0 spiro atoms. The zero-order chi connectivity index (χ0) is 16.7. The molecule has 1 aromatic rings. The van der Waals surface area contributed by atoms with Gasteiger partial charge in [-0.25, -0.2) is 0 Å². The lowest BCUT2D eigenvalue weighted by Crippen LogP contribution is -2.43. The Labute approximate surface area is 136 Å². The molecule has 6 heteroatoms. The van der Waals surface area contributed by atoms with Gasteiger partial charge in [-0.15, -0.1) is 0 Å². The fourth-order valence-corrected chi connectivity index (χ4v) is 2.55. The van der Waals surface area contributed by atoms with Crippen molar-refractivity contribution < 1.29 is 19.4 Å². The van der Waals surface area contributed by atoms with Crippen molar-refractivity contribution in [2.45, 2.75) is 44.8 Å². The Bertz CT molecular complexity index is 524. The van der Waals surface area contributed by atoms with Gasteiger partial charge in [0.1, 0.15) is 6.04 Å². The van der Waals surface area contributed by atoms with Gasteiger partial charge in [-0.05, 0) is 37.0 Å². The van der Waals surface area contributed by atoms with E-state index in [0.29, 0.717) is 12.2 Å². The van der Waals surface area contributed by atoms with Crippen LogP contribution in [0.3, 0.4) is 0 Å². The van der Waals surface area contributed by atoms with E-state index in [2.05, 4.69) is 17.6 Å². The smallest absolute Gasteiger partial charge is 0.321 e. The highest BCUT2D eigenvalue weighted by atomic mass is 16.5. The fourth-order valence-electron chi connectivity index (χ4n) is 2.55. The Morgan fingerprint density at radius 1 is 1.35 bits per heavy atom. The predicted octanol–water partition coefficient (Wildman–Crippen LogP) is 1.80. The van der Waals surface area contributed by atoms with Crippen LogP contribution < -0.4 is 10.6 Å². The normalized spacial score (nSPS) is 18.6. The van der Waals surface area contributed by atoms with Gasteiger partial charge in [-0.1, -0.05) is 19.1 Å². The summed E-state index contributed by atoms with van der Waals surface area (Å²) in [6.07, 6.45) is 2.79. The molecule has 2 rings (SSSR count). The van der Waals surface area contributed by atoms with Crippen LogP contribution in [0, 0.1) is 0 Å². The highest BCUT2D eigenvalue weighted by Gasteiger charge is 2.23. The molecule has 1 heterocycles. The van der Waals surface area contributed by atoms with Crippen molar-refractivity contribution in [3.8, 4) is 0 Å². The second-order valence-corrected chi connectivity index (χ2v) is 5.74. The lowest BCUT2D eigenvalue weighted by atomic mass is 10.1. The highest BCUT2D eigenvalue weighted by Crippen LogP contribution is 2.12. The van der Waals surface area contributed by atoms with E-state index in [9.17, 15) is 14.7 Å². The molecule has 0 bridgehead atoms. The zero-order valence-electron chi connectivity index (χ0n) is 13.4. The zero-order valence-corrected chi connectivity index (χ0v) is 13.4. The molecule has 1 aromatic carbocycles. The minimum atomic E-state index is -1.03. The molecule has 3 N–H and O–H groups in total. The van der Waals surface area contributed by atoms with Crippen LogP contribution in [0.5, 0.6) is 0 Å². The molecule has 1 aliphatic heterocycles. The maximum Gasteiger partial charge on any atom is 0.321 e. The van der Waals surface area contributed by atoms with Gasteiger partial charge in [0.2, 0.25) is 5.91 Å². The largest absolute Gasteiger partial charge is 0.480 e. The van der Waals surface area contributed by atoms with Crippen molar-refractivity contribution in [2.75, 3.05) is 18.5 Å². The number of rotatable bonds is 8.